The van der Waals surface area contributed by atoms with Gasteiger partial charge in [-0.1, -0.05) is 48.6 Å². The molecule has 0 bridgehead atoms. The fraction of sp³-hybridized carbons (Fsp3) is 0.103. The number of nitrogens with two attached hydrogens (primary N) is 3. The third kappa shape index (κ3) is 3.42. The highest BCUT2D eigenvalue weighted by Gasteiger charge is 2.42. The van der Waals surface area contributed by atoms with E-state index in [0.717, 1.165) is 38.6 Å². The highest BCUT2D eigenvalue weighted by atomic mass is 16.2. The van der Waals surface area contributed by atoms with Gasteiger partial charge in [0.15, 0.2) is 0 Å². The van der Waals surface area contributed by atoms with Crippen molar-refractivity contribution < 1.29 is 9.59 Å². The van der Waals surface area contributed by atoms with Crippen molar-refractivity contribution in [1.29, 1.82) is 0 Å². The molecule has 0 aromatic heterocycles. The molecule has 1 aliphatic carbocycles. The first kappa shape index (κ1) is 22.2. The fourth-order valence-corrected chi connectivity index (χ4v) is 4.89. The zero-order valence-electron chi connectivity index (χ0n) is 19.6. The molecule has 1 unspecified atom stereocenters. The van der Waals surface area contributed by atoms with E-state index in [2.05, 4.69) is 5.32 Å². The summed E-state index contributed by atoms with van der Waals surface area (Å²) >= 11 is 0. The molecule has 4 aromatic carbocycles. The minimum atomic E-state index is -1.19. The Morgan fingerprint density at radius 2 is 1.57 bits per heavy atom. The van der Waals surface area contributed by atoms with Crippen LogP contribution in [0.1, 0.15) is 38.2 Å². The smallest absolute Gasteiger partial charge is 0.256 e. The predicted octanol–water partition coefficient (Wildman–Crippen LogP) is 4.67. The maximum atomic E-state index is 13.3. The minimum Gasteiger partial charge on any atom is -0.399 e. The normalized spacial score (nSPS) is 16.3. The number of nitrogen functional groups attached to an aromatic ring is 2. The van der Waals surface area contributed by atoms with Gasteiger partial charge < -0.3 is 22.5 Å². The predicted molar refractivity (Wildman–Crippen MR) is 142 cm³/mol. The van der Waals surface area contributed by atoms with Crippen LogP contribution >= 0.6 is 0 Å². The highest BCUT2D eigenvalue weighted by Crippen LogP contribution is 2.44. The molecule has 0 saturated carbocycles. The van der Waals surface area contributed by atoms with E-state index in [-0.39, 0.29) is 5.91 Å². The van der Waals surface area contributed by atoms with Gasteiger partial charge >= 0.3 is 0 Å². The first-order valence-electron chi connectivity index (χ1n) is 11.3. The van der Waals surface area contributed by atoms with E-state index >= 15 is 0 Å². The Bertz CT molecular complexity index is 1570. The van der Waals surface area contributed by atoms with Gasteiger partial charge in [-0.25, -0.2) is 0 Å². The van der Waals surface area contributed by atoms with E-state index < -0.39 is 11.3 Å². The fourth-order valence-electron chi connectivity index (χ4n) is 4.89. The molecule has 0 saturated heterocycles. The Hall–Kier alpha value is -4.58. The lowest BCUT2D eigenvalue weighted by Gasteiger charge is -2.33. The molecule has 6 heteroatoms. The first-order chi connectivity index (χ1) is 16.7. The Balaban J connectivity index is 1.69. The van der Waals surface area contributed by atoms with Crippen LogP contribution in [-0.2, 0) is 10.2 Å². The second-order valence-corrected chi connectivity index (χ2v) is 9.03. The van der Waals surface area contributed by atoms with Crippen LogP contribution in [0.3, 0.4) is 0 Å². The SMILES string of the molecule is Cc1cc(NC(=O)c2ccc3c4c(cccc24)C=CC3(C(N)=O)c2ccc(N)c(C)c2)ccc1N. The molecule has 6 nitrogen and oxygen atoms in total. The average molecular weight is 463 g/mol. The number of hydrogen-bond acceptors (Lipinski definition) is 4. The van der Waals surface area contributed by atoms with Gasteiger partial charge in [0, 0.05) is 22.6 Å². The zero-order valence-corrected chi connectivity index (χ0v) is 19.6. The Morgan fingerprint density at radius 1 is 0.857 bits per heavy atom. The van der Waals surface area contributed by atoms with Gasteiger partial charge in [0.2, 0.25) is 5.91 Å². The van der Waals surface area contributed by atoms with Gasteiger partial charge in [0.1, 0.15) is 5.41 Å². The monoisotopic (exact) mass is 462 g/mol. The van der Waals surface area contributed by atoms with Gasteiger partial charge in [0.25, 0.3) is 5.91 Å². The summed E-state index contributed by atoms with van der Waals surface area (Å²) in [7, 11) is 0. The Kier molecular flexibility index (Phi) is 5.09. The Morgan fingerprint density at radius 3 is 2.26 bits per heavy atom. The number of carbonyl (C=O) groups excluding carboxylic acids is 2. The number of benzene rings is 4. The number of carbonyl (C=O) groups is 2. The standard InChI is InChI=1S/C29H26N4O2/c1-16-14-19(6-10-24(16)30)29(28(32)35)13-12-18-4-3-5-21-22(8-9-23(29)26(18)21)27(34)33-20-7-11-25(31)17(2)15-20/h3-15H,30-31H2,1-2H3,(H2,32,35)(H,33,34). The van der Waals surface area contributed by atoms with Crippen LogP contribution in [-0.4, -0.2) is 11.8 Å². The maximum Gasteiger partial charge on any atom is 0.256 e. The molecule has 1 aliphatic rings. The molecule has 0 fully saturated rings. The van der Waals surface area contributed by atoms with Gasteiger partial charge in [0.05, 0.1) is 0 Å². The number of rotatable bonds is 4. The second-order valence-electron chi connectivity index (χ2n) is 9.03. The van der Waals surface area contributed by atoms with Crippen molar-refractivity contribution in [3.63, 3.8) is 0 Å². The lowest BCUT2D eigenvalue weighted by molar-refractivity contribution is -0.120. The highest BCUT2D eigenvalue weighted by molar-refractivity contribution is 6.16. The summed E-state index contributed by atoms with van der Waals surface area (Å²) in [5, 5.41) is 4.53. The molecule has 0 heterocycles. The summed E-state index contributed by atoms with van der Waals surface area (Å²) in [5.74, 6) is -0.747. The molecule has 35 heavy (non-hydrogen) atoms. The van der Waals surface area contributed by atoms with Crippen molar-refractivity contribution in [1.82, 2.24) is 0 Å². The molecule has 2 amide bonds. The quantitative estimate of drug-likeness (QED) is 0.329. The maximum absolute atomic E-state index is 13.3. The molecule has 7 N–H and O–H groups in total. The van der Waals surface area contributed by atoms with E-state index in [4.69, 9.17) is 17.2 Å². The molecular formula is C29H26N4O2. The lowest BCUT2D eigenvalue weighted by atomic mass is 9.68. The number of anilines is 3. The minimum absolute atomic E-state index is 0.250. The van der Waals surface area contributed by atoms with Gasteiger partial charge in [-0.15, -0.1) is 0 Å². The number of hydrogen-bond donors (Lipinski definition) is 4. The van der Waals surface area contributed by atoms with Crippen molar-refractivity contribution in [2.24, 2.45) is 5.73 Å². The van der Waals surface area contributed by atoms with Gasteiger partial charge in [-0.2, -0.15) is 0 Å². The average Bonchev–Trinajstić information content (AvgIpc) is 2.83. The summed E-state index contributed by atoms with van der Waals surface area (Å²) in [5.41, 5.74) is 23.4. The van der Waals surface area contributed by atoms with Crippen molar-refractivity contribution in [2.45, 2.75) is 19.3 Å². The van der Waals surface area contributed by atoms with Crippen LogP contribution in [0.25, 0.3) is 16.8 Å². The molecule has 0 radical (unpaired) electrons. The molecule has 0 aliphatic heterocycles. The van der Waals surface area contributed by atoms with Gasteiger partial charge in [-0.3, -0.25) is 9.59 Å². The van der Waals surface area contributed by atoms with Gasteiger partial charge in [-0.05, 0) is 82.8 Å². The number of primary amides is 1. The summed E-state index contributed by atoms with van der Waals surface area (Å²) in [6.45, 7) is 3.79. The zero-order chi connectivity index (χ0) is 24.9. The summed E-state index contributed by atoms with van der Waals surface area (Å²) < 4.78 is 0. The van der Waals surface area contributed by atoms with Crippen LogP contribution < -0.4 is 22.5 Å². The molecular weight excluding hydrogens is 436 g/mol. The van der Waals surface area contributed by atoms with Crippen molar-refractivity contribution in [3.05, 3.63) is 106 Å². The Labute approximate surface area is 203 Å². The lowest BCUT2D eigenvalue weighted by Crippen LogP contribution is -2.42. The summed E-state index contributed by atoms with van der Waals surface area (Å²) in [6, 6.07) is 20.2. The van der Waals surface area contributed by atoms with Crippen LogP contribution in [0, 0.1) is 13.8 Å². The number of nitrogens with one attached hydrogen (secondary N) is 1. The van der Waals surface area contributed by atoms with Crippen molar-refractivity contribution in [3.8, 4) is 0 Å². The molecule has 1 atom stereocenters. The summed E-state index contributed by atoms with van der Waals surface area (Å²) in [4.78, 5) is 26.4. The largest absolute Gasteiger partial charge is 0.399 e. The first-order valence-corrected chi connectivity index (χ1v) is 11.3. The third-order valence-electron chi connectivity index (χ3n) is 6.90. The van der Waals surface area contributed by atoms with E-state index in [0.29, 0.717) is 22.6 Å². The molecule has 0 spiro atoms. The molecule has 174 valence electrons. The topological polar surface area (TPSA) is 124 Å². The van der Waals surface area contributed by atoms with Crippen LogP contribution in [0.15, 0.2) is 72.8 Å². The molecule has 5 rings (SSSR count). The van der Waals surface area contributed by atoms with E-state index in [1.54, 1.807) is 24.3 Å². The van der Waals surface area contributed by atoms with Crippen molar-refractivity contribution >= 4 is 45.7 Å². The van der Waals surface area contributed by atoms with Crippen LogP contribution in [0.4, 0.5) is 17.1 Å². The molecule has 4 aromatic rings. The van der Waals surface area contributed by atoms with Crippen LogP contribution in [0.2, 0.25) is 0 Å². The number of amides is 2. The van der Waals surface area contributed by atoms with E-state index in [1.807, 2.05) is 68.5 Å². The van der Waals surface area contributed by atoms with E-state index in [9.17, 15) is 9.59 Å². The number of aryl methyl sites for hydroxylation is 2. The second kappa shape index (κ2) is 8.02. The van der Waals surface area contributed by atoms with Crippen LogP contribution in [0.5, 0.6) is 0 Å². The van der Waals surface area contributed by atoms with E-state index in [1.165, 1.54) is 0 Å². The summed E-state index contributed by atoms with van der Waals surface area (Å²) in [6.07, 6.45) is 3.74. The van der Waals surface area contributed by atoms with Crippen molar-refractivity contribution in [2.75, 3.05) is 16.8 Å². The third-order valence-corrected chi connectivity index (χ3v) is 6.90.